The second kappa shape index (κ2) is 9.21. The number of piperidine rings is 1. The Labute approximate surface area is 168 Å². The van der Waals surface area contributed by atoms with Crippen LogP contribution in [-0.4, -0.2) is 73.9 Å². The van der Waals surface area contributed by atoms with Crippen molar-refractivity contribution in [2.45, 2.75) is 37.2 Å². The number of carbonyl (C=O) groups excluding carboxylic acids is 1. The first-order valence-corrected chi connectivity index (χ1v) is 10.7. The van der Waals surface area contributed by atoms with E-state index in [1.54, 1.807) is 6.08 Å². The van der Waals surface area contributed by atoms with Crippen LogP contribution >= 0.6 is 0 Å². The van der Waals surface area contributed by atoms with Crippen LogP contribution in [0.3, 0.4) is 0 Å². The van der Waals surface area contributed by atoms with Crippen molar-refractivity contribution in [3.8, 4) is 0 Å². The zero-order valence-corrected chi connectivity index (χ0v) is 16.7. The molecule has 5 nitrogen and oxygen atoms in total. The lowest BCUT2D eigenvalue weighted by Gasteiger charge is -2.46. The molecule has 1 unspecified atom stereocenters. The van der Waals surface area contributed by atoms with Gasteiger partial charge in [0.25, 0.3) is 0 Å². The van der Waals surface area contributed by atoms with Crippen molar-refractivity contribution in [2.75, 3.05) is 52.5 Å². The number of hydrogen-bond donors (Lipinski definition) is 0. The van der Waals surface area contributed by atoms with E-state index in [4.69, 9.17) is 9.47 Å². The molecule has 1 aromatic carbocycles. The highest BCUT2D eigenvalue weighted by molar-refractivity contribution is 5.87. The van der Waals surface area contributed by atoms with Gasteiger partial charge >= 0.3 is 0 Å². The minimum absolute atomic E-state index is 0.0486. The van der Waals surface area contributed by atoms with Gasteiger partial charge in [-0.05, 0) is 37.2 Å². The topological polar surface area (TPSA) is 42.0 Å². The van der Waals surface area contributed by atoms with E-state index in [-0.39, 0.29) is 11.5 Å². The minimum atomic E-state index is -0.0486. The van der Waals surface area contributed by atoms with E-state index in [0.29, 0.717) is 5.92 Å². The Kier molecular flexibility index (Phi) is 6.45. The number of nitrogens with zero attached hydrogens (tertiary/aromatic N) is 2. The first-order valence-electron chi connectivity index (χ1n) is 10.7. The Hall–Kier alpha value is -1.69. The fourth-order valence-corrected chi connectivity index (χ4v) is 4.71. The average molecular weight is 385 g/mol. The van der Waals surface area contributed by atoms with Gasteiger partial charge in [-0.25, -0.2) is 0 Å². The zero-order valence-electron chi connectivity index (χ0n) is 16.7. The maximum absolute atomic E-state index is 12.6. The molecule has 4 rings (SSSR count). The SMILES string of the molecule is O=C(/C=C/CN1CCOCC1)N1CCC2(CC1)CC(c1ccccc1)CCO2. The molecule has 0 saturated carbocycles. The molecule has 1 amide bonds. The van der Waals surface area contributed by atoms with Crippen molar-refractivity contribution in [1.29, 1.82) is 0 Å². The molecule has 1 spiro atoms. The lowest BCUT2D eigenvalue weighted by Crippen LogP contribution is -2.50. The summed E-state index contributed by atoms with van der Waals surface area (Å²) in [7, 11) is 0. The van der Waals surface area contributed by atoms with Crippen molar-refractivity contribution in [3.05, 3.63) is 48.0 Å². The summed E-state index contributed by atoms with van der Waals surface area (Å²) in [5.74, 6) is 0.712. The maximum atomic E-state index is 12.6. The number of amides is 1. The van der Waals surface area contributed by atoms with Crippen LogP contribution in [0.4, 0.5) is 0 Å². The smallest absolute Gasteiger partial charge is 0.246 e. The molecule has 0 N–H and O–H groups in total. The molecule has 0 aromatic heterocycles. The molecule has 3 saturated heterocycles. The van der Waals surface area contributed by atoms with Gasteiger partial charge in [-0.1, -0.05) is 36.4 Å². The first kappa shape index (κ1) is 19.6. The highest BCUT2D eigenvalue weighted by Gasteiger charge is 2.41. The summed E-state index contributed by atoms with van der Waals surface area (Å²) in [6.07, 6.45) is 7.81. The van der Waals surface area contributed by atoms with Gasteiger partial charge in [-0.15, -0.1) is 0 Å². The Balaban J connectivity index is 1.27. The lowest BCUT2D eigenvalue weighted by molar-refractivity contribution is -0.140. The molecule has 0 bridgehead atoms. The second-order valence-corrected chi connectivity index (χ2v) is 8.27. The summed E-state index contributed by atoms with van der Waals surface area (Å²) in [6.45, 7) is 6.72. The third-order valence-corrected chi connectivity index (χ3v) is 6.48. The molecule has 3 aliphatic rings. The second-order valence-electron chi connectivity index (χ2n) is 8.27. The van der Waals surface area contributed by atoms with E-state index in [0.717, 1.165) is 78.2 Å². The molecule has 152 valence electrons. The average Bonchev–Trinajstić information content (AvgIpc) is 2.76. The summed E-state index contributed by atoms with van der Waals surface area (Å²) in [5, 5.41) is 0. The summed E-state index contributed by atoms with van der Waals surface area (Å²) < 4.78 is 11.6. The highest BCUT2D eigenvalue weighted by atomic mass is 16.5. The Morgan fingerprint density at radius 1 is 1.07 bits per heavy atom. The van der Waals surface area contributed by atoms with Crippen LogP contribution in [0.2, 0.25) is 0 Å². The summed E-state index contributed by atoms with van der Waals surface area (Å²) in [5.41, 5.74) is 1.38. The normalized spacial score (nSPS) is 26.0. The first-order chi connectivity index (χ1) is 13.7. The summed E-state index contributed by atoms with van der Waals surface area (Å²) >= 11 is 0. The Morgan fingerprint density at radius 2 is 1.82 bits per heavy atom. The third-order valence-electron chi connectivity index (χ3n) is 6.48. The fourth-order valence-electron chi connectivity index (χ4n) is 4.71. The van der Waals surface area contributed by atoms with Gasteiger partial charge in [-0.3, -0.25) is 9.69 Å². The number of carbonyl (C=O) groups is 1. The predicted octanol–water partition coefficient (Wildman–Crippen LogP) is 2.83. The van der Waals surface area contributed by atoms with Gasteiger partial charge in [0, 0.05) is 45.4 Å². The van der Waals surface area contributed by atoms with E-state index < -0.39 is 0 Å². The van der Waals surface area contributed by atoms with Crippen LogP contribution in [-0.2, 0) is 14.3 Å². The highest BCUT2D eigenvalue weighted by Crippen LogP contribution is 2.41. The van der Waals surface area contributed by atoms with E-state index in [9.17, 15) is 4.79 Å². The summed E-state index contributed by atoms with van der Waals surface area (Å²) in [4.78, 5) is 16.9. The van der Waals surface area contributed by atoms with Crippen LogP contribution in [0.25, 0.3) is 0 Å². The van der Waals surface area contributed by atoms with Crippen LogP contribution in [0.5, 0.6) is 0 Å². The molecule has 3 aliphatic heterocycles. The molecule has 1 atom stereocenters. The van der Waals surface area contributed by atoms with Crippen molar-refractivity contribution in [1.82, 2.24) is 9.80 Å². The Morgan fingerprint density at radius 3 is 2.57 bits per heavy atom. The maximum Gasteiger partial charge on any atom is 0.246 e. The van der Waals surface area contributed by atoms with Gasteiger partial charge in [0.05, 0.1) is 18.8 Å². The summed E-state index contributed by atoms with van der Waals surface area (Å²) in [6, 6.07) is 10.8. The van der Waals surface area contributed by atoms with Crippen LogP contribution in [0.1, 0.15) is 37.2 Å². The zero-order chi connectivity index (χ0) is 19.2. The number of hydrogen-bond acceptors (Lipinski definition) is 4. The quantitative estimate of drug-likeness (QED) is 0.749. The lowest BCUT2D eigenvalue weighted by atomic mass is 9.77. The van der Waals surface area contributed by atoms with Crippen molar-refractivity contribution in [2.24, 2.45) is 0 Å². The van der Waals surface area contributed by atoms with Gasteiger partial charge < -0.3 is 14.4 Å². The van der Waals surface area contributed by atoms with Gasteiger partial charge in [0.1, 0.15) is 0 Å². The van der Waals surface area contributed by atoms with Crippen molar-refractivity contribution in [3.63, 3.8) is 0 Å². The van der Waals surface area contributed by atoms with Gasteiger partial charge in [0.2, 0.25) is 5.91 Å². The van der Waals surface area contributed by atoms with Gasteiger partial charge in [-0.2, -0.15) is 0 Å². The molecular formula is C23H32N2O3. The van der Waals surface area contributed by atoms with E-state index in [1.165, 1.54) is 5.56 Å². The predicted molar refractivity (Wildman–Crippen MR) is 109 cm³/mol. The number of benzene rings is 1. The number of morpholine rings is 1. The molecule has 28 heavy (non-hydrogen) atoms. The molecule has 0 radical (unpaired) electrons. The number of ether oxygens (including phenoxy) is 2. The van der Waals surface area contributed by atoms with Crippen LogP contribution in [0.15, 0.2) is 42.5 Å². The molecule has 3 heterocycles. The third kappa shape index (κ3) is 4.83. The van der Waals surface area contributed by atoms with E-state index >= 15 is 0 Å². The van der Waals surface area contributed by atoms with Gasteiger partial charge in [0.15, 0.2) is 0 Å². The Bertz CT molecular complexity index is 662. The number of likely N-dealkylation sites (tertiary alicyclic amines) is 1. The molecular weight excluding hydrogens is 352 g/mol. The molecule has 1 aromatic rings. The monoisotopic (exact) mass is 384 g/mol. The number of rotatable bonds is 4. The molecule has 3 fully saturated rings. The molecule has 5 heteroatoms. The fraction of sp³-hybridized carbons (Fsp3) is 0.609. The standard InChI is InChI=1S/C23H32N2O3/c26-22(7-4-11-24-14-17-27-18-15-24)25-12-9-23(10-13-25)19-21(8-16-28-23)20-5-2-1-3-6-20/h1-7,21H,8-19H2/b7-4+. The van der Waals surface area contributed by atoms with Crippen LogP contribution < -0.4 is 0 Å². The van der Waals surface area contributed by atoms with E-state index in [2.05, 4.69) is 35.2 Å². The van der Waals surface area contributed by atoms with E-state index in [1.807, 2.05) is 11.0 Å². The minimum Gasteiger partial charge on any atom is -0.379 e. The van der Waals surface area contributed by atoms with Crippen LogP contribution in [0, 0.1) is 0 Å². The largest absolute Gasteiger partial charge is 0.379 e. The molecule has 0 aliphatic carbocycles. The van der Waals surface area contributed by atoms with Crippen molar-refractivity contribution >= 4 is 5.91 Å². The van der Waals surface area contributed by atoms with Crippen molar-refractivity contribution < 1.29 is 14.3 Å².